The van der Waals surface area contributed by atoms with Crippen molar-refractivity contribution in [2.75, 3.05) is 11.9 Å². The number of nitrogens with one attached hydrogen (secondary N) is 2. The number of aromatic amines is 1. The third-order valence-corrected chi connectivity index (χ3v) is 5.50. The van der Waals surface area contributed by atoms with Crippen LogP contribution in [0.1, 0.15) is 30.6 Å². The standard InChI is InChI=1S/C16H18N4OS2/c1-3-8-17-15-19-20-16(23-15)22-10(2)14(21)12-9-18-13-7-5-4-6-11(12)13/h4-7,9-10,18H,3,8H2,1-2H3,(H,17,19). The number of hydrogen-bond donors (Lipinski definition) is 2. The summed E-state index contributed by atoms with van der Waals surface area (Å²) in [6, 6.07) is 7.84. The van der Waals surface area contributed by atoms with Crippen LogP contribution in [0.4, 0.5) is 5.13 Å². The van der Waals surface area contributed by atoms with Gasteiger partial charge in [-0.25, -0.2) is 0 Å². The van der Waals surface area contributed by atoms with E-state index in [4.69, 9.17) is 0 Å². The molecule has 2 N–H and O–H groups in total. The molecule has 0 aliphatic carbocycles. The van der Waals surface area contributed by atoms with Gasteiger partial charge in [0.1, 0.15) is 0 Å². The largest absolute Gasteiger partial charge is 0.360 e. The Morgan fingerprint density at radius 3 is 3.04 bits per heavy atom. The van der Waals surface area contributed by atoms with Gasteiger partial charge in [0.2, 0.25) is 5.13 Å². The van der Waals surface area contributed by atoms with Gasteiger partial charge in [-0.05, 0) is 19.4 Å². The molecule has 0 amide bonds. The average molecular weight is 346 g/mol. The predicted molar refractivity (Wildman–Crippen MR) is 96.6 cm³/mol. The monoisotopic (exact) mass is 346 g/mol. The van der Waals surface area contributed by atoms with Crippen LogP contribution >= 0.6 is 23.1 Å². The van der Waals surface area contributed by atoms with E-state index in [1.165, 1.54) is 23.1 Å². The molecule has 1 atom stereocenters. The zero-order valence-corrected chi connectivity index (χ0v) is 14.6. The van der Waals surface area contributed by atoms with Crippen molar-refractivity contribution in [1.29, 1.82) is 0 Å². The lowest BCUT2D eigenvalue weighted by Gasteiger charge is -2.06. The fraction of sp³-hybridized carbons (Fsp3) is 0.312. The number of ketones is 1. The van der Waals surface area contributed by atoms with E-state index in [-0.39, 0.29) is 11.0 Å². The van der Waals surface area contributed by atoms with Crippen LogP contribution in [-0.4, -0.2) is 32.8 Å². The van der Waals surface area contributed by atoms with Crippen molar-refractivity contribution in [3.8, 4) is 0 Å². The maximum Gasteiger partial charge on any atom is 0.206 e. The van der Waals surface area contributed by atoms with Gasteiger partial charge in [-0.3, -0.25) is 4.79 Å². The average Bonchev–Trinajstić information content (AvgIpc) is 3.18. The molecule has 1 unspecified atom stereocenters. The second kappa shape index (κ2) is 7.14. The predicted octanol–water partition coefficient (Wildman–Crippen LogP) is 4.20. The van der Waals surface area contributed by atoms with Crippen LogP contribution in [0, 0.1) is 0 Å². The normalized spacial score (nSPS) is 12.4. The smallest absolute Gasteiger partial charge is 0.206 e. The molecule has 3 rings (SSSR count). The lowest BCUT2D eigenvalue weighted by atomic mass is 10.1. The van der Waals surface area contributed by atoms with Gasteiger partial charge in [0.05, 0.1) is 5.25 Å². The molecule has 0 spiro atoms. The Hall–Kier alpha value is -1.86. The van der Waals surface area contributed by atoms with Crippen molar-refractivity contribution in [3.63, 3.8) is 0 Å². The maximum atomic E-state index is 12.7. The van der Waals surface area contributed by atoms with E-state index in [2.05, 4.69) is 27.4 Å². The number of anilines is 1. The fourth-order valence-electron chi connectivity index (χ4n) is 2.26. The molecule has 23 heavy (non-hydrogen) atoms. The third kappa shape index (κ3) is 3.56. The van der Waals surface area contributed by atoms with Crippen molar-refractivity contribution >= 4 is 44.9 Å². The molecular weight excluding hydrogens is 328 g/mol. The summed E-state index contributed by atoms with van der Waals surface area (Å²) in [6.45, 7) is 4.89. The first kappa shape index (κ1) is 16.0. The summed E-state index contributed by atoms with van der Waals surface area (Å²) in [7, 11) is 0. The van der Waals surface area contributed by atoms with Crippen molar-refractivity contribution in [3.05, 3.63) is 36.0 Å². The van der Waals surface area contributed by atoms with Crippen molar-refractivity contribution in [1.82, 2.24) is 15.2 Å². The first-order valence-corrected chi connectivity index (χ1v) is 9.23. The number of para-hydroxylation sites is 1. The maximum absolute atomic E-state index is 12.7. The molecule has 0 aliphatic heterocycles. The summed E-state index contributed by atoms with van der Waals surface area (Å²) in [4.78, 5) is 15.9. The van der Waals surface area contributed by atoms with Gasteiger partial charge in [0, 0.05) is 29.2 Å². The lowest BCUT2D eigenvalue weighted by Crippen LogP contribution is -2.12. The molecule has 0 saturated carbocycles. The first-order chi connectivity index (χ1) is 11.2. The van der Waals surface area contributed by atoms with Crippen molar-refractivity contribution in [2.24, 2.45) is 0 Å². The number of carbonyl (C=O) groups excluding carboxylic acids is 1. The highest BCUT2D eigenvalue weighted by Crippen LogP contribution is 2.31. The van der Waals surface area contributed by atoms with E-state index in [9.17, 15) is 4.79 Å². The van der Waals surface area contributed by atoms with E-state index in [1.54, 1.807) is 6.20 Å². The SMILES string of the molecule is CCCNc1nnc(SC(C)C(=O)c2c[nH]c3ccccc23)s1. The zero-order chi connectivity index (χ0) is 16.2. The first-order valence-electron chi connectivity index (χ1n) is 7.53. The minimum Gasteiger partial charge on any atom is -0.360 e. The molecule has 0 saturated heterocycles. The van der Waals surface area contributed by atoms with Crippen LogP contribution in [0.25, 0.3) is 10.9 Å². The van der Waals surface area contributed by atoms with Crippen LogP contribution in [0.3, 0.4) is 0 Å². The molecule has 0 bridgehead atoms. The Morgan fingerprint density at radius 1 is 1.39 bits per heavy atom. The van der Waals surface area contributed by atoms with E-state index >= 15 is 0 Å². The van der Waals surface area contributed by atoms with Gasteiger partial charge in [-0.1, -0.05) is 48.2 Å². The van der Waals surface area contributed by atoms with Crippen molar-refractivity contribution < 1.29 is 4.79 Å². The van der Waals surface area contributed by atoms with E-state index in [1.807, 2.05) is 31.2 Å². The lowest BCUT2D eigenvalue weighted by molar-refractivity contribution is 0.0995. The Kier molecular flexibility index (Phi) is 4.97. The molecule has 2 aromatic heterocycles. The van der Waals surface area contributed by atoms with Gasteiger partial charge in [0.25, 0.3) is 0 Å². The molecule has 0 radical (unpaired) electrons. The van der Waals surface area contributed by atoms with E-state index < -0.39 is 0 Å². The Bertz CT molecular complexity index is 811. The second-order valence-corrected chi connectivity index (χ2v) is 7.74. The van der Waals surface area contributed by atoms with E-state index in [0.717, 1.165) is 38.9 Å². The molecule has 0 aliphatic rings. The highest BCUT2D eigenvalue weighted by molar-refractivity contribution is 8.02. The molecule has 1 aromatic carbocycles. The van der Waals surface area contributed by atoms with Crippen LogP contribution in [0.5, 0.6) is 0 Å². The van der Waals surface area contributed by atoms with Gasteiger partial charge in [-0.2, -0.15) is 0 Å². The number of H-pyrrole nitrogens is 1. The highest BCUT2D eigenvalue weighted by atomic mass is 32.2. The molecule has 5 nitrogen and oxygen atoms in total. The number of carbonyl (C=O) groups is 1. The molecule has 3 aromatic rings. The van der Waals surface area contributed by atoms with Gasteiger partial charge in [0.15, 0.2) is 10.1 Å². The summed E-state index contributed by atoms with van der Waals surface area (Å²) in [6.07, 6.45) is 2.83. The molecule has 7 heteroatoms. The minimum absolute atomic E-state index is 0.103. The van der Waals surface area contributed by atoms with E-state index in [0.29, 0.717) is 0 Å². The highest BCUT2D eigenvalue weighted by Gasteiger charge is 2.21. The Balaban J connectivity index is 1.71. The number of thioether (sulfide) groups is 1. The topological polar surface area (TPSA) is 70.7 Å². The van der Waals surface area contributed by atoms with Gasteiger partial charge < -0.3 is 10.3 Å². The number of Topliss-reactive ketones (excluding diaryl/α,β-unsaturated/α-hetero) is 1. The number of aromatic nitrogens is 3. The number of rotatable bonds is 7. The number of nitrogens with zero attached hydrogens (tertiary/aromatic N) is 2. The third-order valence-electron chi connectivity index (χ3n) is 3.43. The number of hydrogen-bond acceptors (Lipinski definition) is 6. The van der Waals surface area contributed by atoms with Crippen LogP contribution in [0.15, 0.2) is 34.8 Å². The van der Waals surface area contributed by atoms with Crippen molar-refractivity contribution in [2.45, 2.75) is 29.9 Å². The minimum atomic E-state index is -0.207. The van der Waals surface area contributed by atoms with Crippen LogP contribution in [0.2, 0.25) is 0 Å². The molecule has 0 fully saturated rings. The Morgan fingerprint density at radius 2 is 2.22 bits per heavy atom. The summed E-state index contributed by atoms with van der Waals surface area (Å²) in [5.41, 5.74) is 1.71. The molecular formula is C16H18N4OS2. The molecule has 120 valence electrons. The number of benzene rings is 1. The van der Waals surface area contributed by atoms with Crippen LogP contribution in [-0.2, 0) is 0 Å². The second-order valence-electron chi connectivity index (χ2n) is 5.17. The Labute approximate surface area is 142 Å². The molecule has 2 heterocycles. The summed E-state index contributed by atoms with van der Waals surface area (Å²) in [5.74, 6) is 0.103. The summed E-state index contributed by atoms with van der Waals surface area (Å²) >= 11 is 2.94. The van der Waals surface area contributed by atoms with Crippen LogP contribution < -0.4 is 5.32 Å². The quantitative estimate of drug-likeness (QED) is 0.495. The summed E-state index contributed by atoms with van der Waals surface area (Å²) in [5, 5.41) is 13.0. The number of fused-ring (bicyclic) bond motifs is 1. The fourth-order valence-corrected chi connectivity index (χ4v) is 4.25. The zero-order valence-electron chi connectivity index (χ0n) is 13.0. The van der Waals surface area contributed by atoms with Gasteiger partial charge >= 0.3 is 0 Å². The summed E-state index contributed by atoms with van der Waals surface area (Å²) < 4.78 is 0.810. The van der Waals surface area contributed by atoms with Gasteiger partial charge in [-0.15, -0.1) is 10.2 Å².